The SMILES string of the molecule is CC(C)OC(=O)C1(OC=O)CCCCC1. The number of ether oxygens (including phenoxy) is 2. The van der Waals surface area contributed by atoms with E-state index in [4.69, 9.17) is 9.47 Å². The van der Waals surface area contributed by atoms with Gasteiger partial charge >= 0.3 is 5.97 Å². The molecule has 0 heterocycles. The van der Waals surface area contributed by atoms with Crippen molar-refractivity contribution in [3.63, 3.8) is 0 Å². The molecule has 1 fully saturated rings. The fraction of sp³-hybridized carbons (Fsp3) is 0.818. The molecule has 0 amide bonds. The van der Waals surface area contributed by atoms with Crippen LogP contribution in [0.15, 0.2) is 0 Å². The van der Waals surface area contributed by atoms with Crippen LogP contribution < -0.4 is 0 Å². The first-order valence-corrected chi connectivity index (χ1v) is 5.43. The van der Waals surface area contributed by atoms with Gasteiger partial charge in [-0.05, 0) is 39.5 Å². The van der Waals surface area contributed by atoms with Gasteiger partial charge in [-0.2, -0.15) is 0 Å². The van der Waals surface area contributed by atoms with Crippen molar-refractivity contribution in [1.29, 1.82) is 0 Å². The first-order chi connectivity index (χ1) is 7.10. The molecule has 1 aliphatic rings. The molecule has 15 heavy (non-hydrogen) atoms. The summed E-state index contributed by atoms with van der Waals surface area (Å²) in [5.41, 5.74) is -1.01. The number of carbonyl (C=O) groups is 2. The Morgan fingerprint density at radius 3 is 2.33 bits per heavy atom. The maximum Gasteiger partial charge on any atom is 0.350 e. The lowest BCUT2D eigenvalue weighted by Crippen LogP contribution is -2.45. The molecule has 1 saturated carbocycles. The Morgan fingerprint density at radius 2 is 1.87 bits per heavy atom. The van der Waals surface area contributed by atoms with Crippen molar-refractivity contribution in [2.45, 2.75) is 57.7 Å². The third kappa shape index (κ3) is 2.94. The van der Waals surface area contributed by atoms with Crippen LogP contribution in [-0.2, 0) is 19.1 Å². The summed E-state index contributed by atoms with van der Waals surface area (Å²) in [5, 5.41) is 0. The van der Waals surface area contributed by atoms with Gasteiger partial charge in [-0.15, -0.1) is 0 Å². The van der Waals surface area contributed by atoms with Crippen LogP contribution in [0, 0.1) is 0 Å². The van der Waals surface area contributed by atoms with E-state index in [-0.39, 0.29) is 6.10 Å². The third-order valence-corrected chi connectivity index (χ3v) is 2.65. The van der Waals surface area contributed by atoms with E-state index < -0.39 is 11.6 Å². The summed E-state index contributed by atoms with van der Waals surface area (Å²) in [6.07, 6.45) is 3.88. The standard InChI is InChI=1S/C11H18O4/c1-9(2)15-10(13)11(14-8-12)6-4-3-5-7-11/h8-9H,3-7H2,1-2H3. The van der Waals surface area contributed by atoms with Crippen molar-refractivity contribution in [1.82, 2.24) is 0 Å². The molecule has 0 aromatic rings. The summed E-state index contributed by atoms with van der Waals surface area (Å²) in [6.45, 7) is 3.93. The molecule has 0 aromatic heterocycles. The van der Waals surface area contributed by atoms with Crippen molar-refractivity contribution < 1.29 is 19.1 Å². The van der Waals surface area contributed by atoms with Gasteiger partial charge in [0.15, 0.2) is 0 Å². The zero-order valence-corrected chi connectivity index (χ0v) is 9.32. The quantitative estimate of drug-likeness (QED) is 0.529. The van der Waals surface area contributed by atoms with E-state index in [9.17, 15) is 9.59 Å². The van der Waals surface area contributed by atoms with Crippen LogP contribution in [0.3, 0.4) is 0 Å². The lowest BCUT2D eigenvalue weighted by Gasteiger charge is -2.33. The van der Waals surface area contributed by atoms with E-state index in [1.807, 2.05) is 0 Å². The van der Waals surface area contributed by atoms with Crippen LogP contribution in [0.4, 0.5) is 0 Å². The highest BCUT2D eigenvalue weighted by molar-refractivity contribution is 5.81. The van der Waals surface area contributed by atoms with Crippen LogP contribution in [0.1, 0.15) is 46.0 Å². The number of hydrogen-bond donors (Lipinski definition) is 0. The van der Waals surface area contributed by atoms with Gasteiger partial charge < -0.3 is 9.47 Å². The minimum Gasteiger partial charge on any atom is -0.460 e. The Hall–Kier alpha value is -1.06. The molecule has 1 rings (SSSR count). The molecular weight excluding hydrogens is 196 g/mol. The van der Waals surface area contributed by atoms with Crippen LogP contribution in [0.5, 0.6) is 0 Å². The molecule has 0 radical (unpaired) electrons. The van der Waals surface area contributed by atoms with E-state index in [2.05, 4.69) is 0 Å². The minimum atomic E-state index is -1.01. The molecule has 1 aliphatic carbocycles. The molecule has 0 unspecified atom stereocenters. The van der Waals surface area contributed by atoms with E-state index in [1.54, 1.807) is 13.8 Å². The van der Waals surface area contributed by atoms with Gasteiger partial charge in [-0.3, -0.25) is 4.79 Å². The average molecular weight is 214 g/mol. The normalized spacial score (nSPS) is 19.7. The average Bonchev–Trinajstić information content (AvgIpc) is 2.18. The molecule has 0 atom stereocenters. The van der Waals surface area contributed by atoms with E-state index in [0.717, 1.165) is 19.3 Å². The maximum absolute atomic E-state index is 11.8. The summed E-state index contributed by atoms with van der Waals surface area (Å²) >= 11 is 0. The topological polar surface area (TPSA) is 52.6 Å². The van der Waals surface area contributed by atoms with Gasteiger partial charge in [-0.1, -0.05) is 6.42 Å². The Labute approximate surface area is 89.9 Å². The van der Waals surface area contributed by atoms with Crippen LogP contribution in [0.2, 0.25) is 0 Å². The molecule has 0 N–H and O–H groups in total. The van der Waals surface area contributed by atoms with E-state index in [0.29, 0.717) is 19.3 Å². The van der Waals surface area contributed by atoms with Crippen LogP contribution in [0.25, 0.3) is 0 Å². The second-order valence-corrected chi connectivity index (χ2v) is 4.22. The van der Waals surface area contributed by atoms with E-state index >= 15 is 0 Å². The Morgan fingerprint density at radius 1 is 1.27 bits per heavy atom. The number of carbonyl (C=O) groups excluding carboxylic acids is 2. The minimum absolute atomic E-state index is 0.174. The zero-order valence-electron chi connectivity index (χ0n) is 9.32. The second kappa shape index (κ2) is 5.14. The highest BCUT2D eigenvalue weighted by Gasteiger charge is 2.43. The summed E-state index contributed by atoms with van der Waals surface area (Å²) in [7, 11) is 0. The summed E-state index contributed by atoms with van der Waals surface area (Å²) in [6, 6.07) is 0. The van der Waals surface area contributed by atoms with Gasteiger partial charge in [0.05, 0.1) is 6.10 Å². The molecule has 0 aromatic carbocycles. The highest BCUT2D eigenvalue weighted by Crippen LogP contribution is 2.32. The van der Waals surface area contributed by atoms with Gasteiger partial charge in [0.1, 0.15) is 0 Å². The van der Waals surface area contributed by atoms with Crippen LogP contribution >= 0.6 is 0 Å². The molecule has 0 saturated heterocycles. The van der Waals surface area contributed by atoms with E-state index in [1.165, 1.54) is 0 Å². The first-order valence-electron chi connectivity index (χ1n) is 5.43. The Kier molecular flexibility index (Phi) is 4.12. The molecule has 0 bridgehead atoms. The third-order valence-electron chi connectivity index (χ3n) is 2.65. The lowest BCUT2D eigenvalue weighted by molar-refractivity contribution is -0.182. The molecular formula is C11H18O4. The molecule has 4 nitrogen and oxygen atoms in total. The summed E-state index contributed by atoms with van der Waals surface area (Å²) in [4.78, 5) is 22.3. The second-order valence-electron chi connectivity index (χ2n) is 4.22. The van der Waals surface area contributed by atoms with Gasteiger partial charge in [0.2, 0.25) is 5.60 Å². The monoisotopic (exact) mass is 214 g/mol. The highest BCUT2D eigenvalue weighted by atomic mass is 16.6. The van der Waals surface area contributed by atoms with Crippen molar-refractivity contribution in [3.8, 4) is 0 Å². The lowest BCUT2D eigenvalue weighted by atomic mass is 9.84. The predicted octanol–water partition coefficient (Wildman–Crippen LogP) is 1.81. The molecule has 0 spiro atoms. The van der Waals surface area contributed by atoms with Crippen molar-refractivity contribution in [2.75, 3.05) is 0 Å². The van der Waals surface area contributed by atoms with Crippen molar-refractivity contribution in [2.24, 2.45) is 0 Å². The Bertz CT molecular complexity index is 229. The summed E-state index contributed by atoms with van der Waals surface area (Å²) < 4.78 is 10.1. The molecule has 86 valence electrons. The fourth-order valence-corrected chi connectivity index (χ4v) is 1.91. The molecule has 4 heteroatoms. The maximum atomic E-state index is 11.8. The largest absolute Gasteiger partial charge is 0.460 e. The van der Waals surface area contributed by atoms with Crippen molar-refractivity contribution >= 4 is 12.4 Å². The number of rotatable bonds is 4. The van der Waals surface area contributed by atoms with Crippen molar-refractivity contribution in [3.05, 3.63) is 0 Å². The van der Waals surface area contributed by atoms with Gasteiger partial charge in [0, 0.05) is 0 Å². The molecule has 0 aliphatic heterocycles. The van der Waals surface area contributed by atoms with Crippen LogP contribution in [-0.4, -0.2) is 24.1 Å². The predicted molar refractivity (Wildman–Crippen MR) is 54.2 cm³/mol. The Balaban J connectivity index is 2.70. The van der Waals surface area contributed by atoms with Gasteiger partial charge in [0.25, 0.3) is 6.47 Å². The fourth-order valence-electron chi connectivity index (χ4n) is 1.91. The smallest absolute Gasteiger partial charge is 0.350 e. The summed E-state index contributed by atoms with van der Waals surface area (Å²) in [5.74, 6) is -0.399. The number of hydrogen-bond acceptors (Lipinski definition) is 4. The first kappa shape index (κ1) is 12.0. The number of esters is 1. The van der Waals surface area contributed by atoms with Gasteiger partial charge in [-0.25, -0.2) is 4.79 Å². The zero-order chi connectivity index (χ0) is 11.3.